The first-order chi connectivity index (χ1) is 12.5. The number of nitrogens with one attached hydrogen (secondary N) is 1. The highest BCUT2D eigenvalue weighted by Crippen LogP contribution is 2.23. The van der Waals surface area contributed by atoms with E-state index in [4.69, 9.17) is 0 Å². The zero-order chi connectivity index (χ0) is 18.7. The van der Waals surface area contributed by atoms with Crippen molar-refractivity contribution in [2.45, 2.75) is 46.6 Å². The fourth-order valence-electron chi connectivity index (χ4n) is 3.37. The molecule has 0 spiro atoms. The summed E-state index contributed by atoms with van der Waals surface area (Å²) in [4.78, 5) is 31.9. The number of aryl methyl sites for hydroxylation is 1. The molecule has 2 heterocycles. The van der Waals surface area contributed by atoms with Gasteiger partial charge in [-0.1, -0.05) is 17.7 Å². The summed E-state index contributed by atoms with van der Waals surface area (Å²) < 4.78 is 1.92. The average molecular weight is 354 g/mol. The van der Waals surface area contributed by atoms with Crippen LogP contribution in [0.25, 0.3) is 0 Å². The third kappa shape index (κ3) is 3.49. The van der Waals surface area contributed by atoms with Crippen molar-refractivity contribution < 1.29 is 9.59 Å². The zero-order valence-electron chi connectivity index (χ0n) is 15.7. The van der Waals surface area contributed by atoms with Crippen LogP contribution < -0.4 is 5.32 Å². The van der Waals surface area contributed by atoms with Crippen LogP contribution in [0, 0.1) is 6.92 Å². The molecule has 1 aliphatic heterocycles. The third-order valence-corrected chi connectivity index (χ3v) is 4.88. The summed E-state index contributed by atoms with van der Waals surface area (Å²) in [6.07, 6.45) is 2.80. The maximum absolute atomic E-state index is 12.8. The molecule has 0 unspecified atom stereocenters. The molecular formula is C20H26N4O2. The second-order valence-corrected chi connectivity index (χ2v) is 6.64. The molecule has 3 rings (SSSR count). The Morgan fingerprint density at radius 3 is 2.50 bits per heavy atom. The van der Waals surface area contributed by atoms with Gasteiger partial charge in [-0.25, -0.2) is 4.98 Å². The Labute approximate surface area is 154 Å². The first kappa shape index (κ1) is 18.2. The van der Waals surface area contributed by atoms with Crippen molar-refractivity contribution in [3.63, 3.8) is 0 Å². The van der Waals surface area contributed by atoms with Crippen LogP contribution in [-0.4, -0.2) is 39.4 Å². The fraction of sp³-hybridized carbons (Fsp3) is 0.450. The van der Waals surface area contributed by atoms with E-state index in [2.05, 4.69) is 10.3 Å². The number of anilines is 1. The average Bonchev–Trinajstić information content (AvgIpc) is 3.04. The molecule has 0 bridgehead atoms. The summed E-state index contributed by atoms with van der Waals surface area (Å²) in [5, 5.41) is 2.90. The maximum atomic E-state index is 12.8. The van der Waals surface area contributed by atoms with Gasteiger partial charge in [-0.05, 0) is 52.2 Å². The predicted molar refractivity (Wildman–Crippen MR) is 102 cm³/mol. The van der Waals surface area contributed by atoms with E-state index in [0.29, 0.717) is 24.6 Å². The topological polar surface area (TPSA) is 67.2 Å². The summed E-state index contributed by atoms with van der Waals surface area (Å²) in [7, 11) is 0. The Balaban J connectivity index is 1.93. The minimum Gasteiger partial charge on any atom is -0.338 e. The minimum atomic E-state index is -0.268. The molecule has 2 aromatic rings. The molecule has 0 saturated heterocycles. The summed E-state index contributed by atoms with van der Waals surface area (Å²) in [6.45, 7) is 7.90. The number of hydrogen-bond acceptors (Lipinski definition) is 3. The largest absolute Gasteiger partial charge is 0.338 e. The molecule has 1 aromatic heterocycles. The van der Waals surface area contributed by atoms with E-state index < -0.39 is 0 Å². The van der Waals surface area contributed by atoms with Crippen LogP contribution in [0.4, 0.5) is 5.69 Å². The second-order valence-electron chi connectivity index (χ2n) is 6.64. The number of rotatable bonds is 5. The lowest BCUT2D eigenvalue weighted by molar-refractivity contribution is 0.0766. The number of imidazole rings is 1. The maximum Gasteiger partial charge on any atom is 0.291 e. The first-order valence-electron chi connectivity index (χ1n) is 9.31. The summed E-state index contributed by atoms with van der Waals surface area (Å²) in [5.41, 5.74) is 3.18. The van der Waals surface area contributed by atoms with Crippen LogP contribution in [0.2, 0.25) is 0 Å². The summed E-state index contributed by atoms with van der Waals surface area (Å²) >= 11 is 0. The first-order valence-corrected chi connectivity index (χ1v) is 9.31. The Bertz CT molecular complexity index is 804. The van der Waals surface area contributed by atoms with E-state index in [1.165, 1.54) is 0 Å². The number of carbonyl (C=O) groups is 2. The van der Waals surface area contributed by atoms with Crippen molar-refractivity contribution in [1.29, 1.82) is 0 Å². The van der Waals surface area contributed by atoms with Crippen molar-refractivity contribution in [3.8, 4) is 0 Å². The normalized spacial score (nSPS) is 13.2. The van der Waals surface area contributed by atoms with Gasteiger partial charge in [0.2, 0.25) is 0 Å². The van der Waals surface area contributed by atoms with Crippen molar-refractivity contribution in [2.24, 2.45) is 0 Å². The van der Waals surface area contributed by atoms with Gasteiger partial charge in [-0.2, -0.15) is 0 Å². The van der Waals surface area contributed by atoms with E-state index in [0.717, 1.165) is 42.8 Å². The SMILES string of the molecule is CCN(CC)C(=O)c1nc(C(=O)Nc2ccc(C)cc2)n2c1CCCC2. The summed E-state index contributed by atoms with van der Waals surface area (Å²) in [5.74, 6) is -0.0265. The number of carbonyl (C=O) groups excluding carboxylic acids is 2. The molecule has 138 valence electrons. The molecule has 0 atom stereocenters. The molecule has 26 heavy (non-hydrogen) atoms. The van der Waals surface area contributed by atoms with Crippen molar-refractivity contribution >= 4 is 17.5 Å². The lowest BCUT2D eigenvalue weighted by Crippen LogP contribution is -2.31. The molecule has 6 heteroatoms. The molecule has 6 nitrogen and oxygen atoms in total. The molecule has 1 N–H and O–H groups in total. The number of aromatic nitrogens is 2. The van der Waals surface area contributed by atoms with Gasteiger partial charge in [0.25, 0.3) is 11.8 Å². The molecule has 0 radical (unpaired) electrons. The number of fused-ring (bicyclic) bond motifs is 1. The van der Waals surface area contributed by atoms with Crippen LogP contribution >= 0.6 is 0 Å². The Kier molecular flexibility index (Phi) is 5.40. The van der Waals surface area contributed by atoms with E-state index in [9.17, 15) is 9.59 Å². The van der Waals surface area contributed by atoms with Gasteiger partial charge < -0.3 is 14.8 Å². The van der Waals surface area contributed by atoms with Crippen LogP contribution in [0.5, 0.6) is 0 Å². The van der Waals surface area contributed by atoms with Gasteiger partial charge in [0.15, 0.2) is 5.82 Å². The Hall–Kier alpha value is -2.63. The Morgan fingerprint density at radius 2 is 1.85 bits per heavy atom. The smallest absolute Gasteiger partial charge is 0.291 e. The highest BCUT2D eigenvalue weighted by atomic mass is 16.2. The van der Waals surface area contributed by atoms with Gasteiger partial charge in [0, 0.05) is 25.3 Å². The lowest BCUT2D eigenvalue weighted by Gasteiger charge is -2.20. The summed E-state index contributed by atoms with van der Waals surface area (Å²) in [6, 6.07) is 7.64. The second kappa shape index (κ2) is 7.72. The van der Waals surface area contributed by atoms with Gasteiger partial charge in [-0.3, -0.25) is 9.59 Å². The zero-order valence-corrected chi connectivity index (χ0v) is 15.7. The highest BCUT2D eigenvalue weighted by Gasteiger charge is 2.29. The van der Waals surface area contributed by atoms with Crippen LogP contribution in [0.3, 0.4) is 0 Å². The van der Waals surface area contributed by atoms with Crippen molar-refractivity contribution in [2.75, 3.05) is 18.4 Å². The van der Waals surface area contributed by atoms with E-state index in [1.807, 2.05) is 49.6 Å². The van der Waals surface area contributed by atoms with Gasteiger partial charge in [0.1, 0.15) is 5.69 Å². The van der Waals surface area contributed by atoms with E-state index in [1.54, 1.807) is 4.90 Å². The predicted octanol–water partition coefficient (Wildman–Crippen LogP) is 3.26. The highest BCUT2D eigenvalue weighted by molar-refractivity contribution is 6.03. The lowest BCUT2D eigenvalue weighted by atomic mass is 10.1. The number of amides is 2. The van der Waals surface area contributed by atoms with Gasteiger partial charge in [0.05, 0.1) is 5.69 Å². The molecular weight excluding hydrogens is 328 g/mol. The third-order valence-electron chi connectivity index (χ3n) is 4.88. The van der Waals surface area contributed by atoms with E-state index >= 15 is 0 Å². The molecule has 1 aromatic carbocycles. The molecule has 0 saturated carbocycles. The molecule has 2 amide bonds. The number of benzene rings is 1. The Morgan fingerprint density at radius 1 is 1.15 bits per heavy atom. The molecule has 0 aliphatic carbocycles. The van der Waals surface area contributed by atoms with E-state index in [-0.39, 0.29) is 11.8 Å². The van der Waals surface area contributed by atoms with Crippen LogP contribution in [0.15, 0.2) is 24.3 Å². The molecule has 1 aliphatic rings. The quantitative estimate of drug-likeness (QED) is 0.896. The monoisotopic (exact) mass is 354 g/mol. The fourth-order valence-corrected chi connectivity index (χ4v) is 3.37. The van der Waals surface area contributed by atoms with Gasteiger partial charge in [-0.15, -0.1) is 0 Å². The molecule has 0 fully saturated rings. The van der Waals surface area contributed by atoms with Crippen LogP contribution in [-0.2, 0) is 13.0 Å². The number of hydrogen-bond donors (Lipinski definition) is 1. The van der Waals surface area contributed by atoms with Crippen molar-refractivity contribution in [3.05, 3.63) is 47.0 Å². The minimum absolute atomic E-state index is 0.0879. The van der Waals surface area contributed by atoms with Crippen molar-refractivity contribution in [1.82, 2.24) is 14.5 Å². The van der Waals surface area contributed by atoms with Crippen LogP contribution in [0.1, 0.15) is 59.1 Å². The standard InChI is InChI=1S/C20H26N4O2/c1-4-23(5-2)20(26)17-16-8-6-7-13-24(16)18(22-17)19(25)21-15-11-9-14(3)10-12-15/h9-12H,4-8,13H2,1-3H3,(H,21,25). The van der Waals surface area contributed by atoms with Gasteiger partial charge >= 0.3 is 0 Å². The number of nitrogens with zero attached hydrogens (tertiary/aromatic N) is 3.